The van der Waals surface area contributed by atoms with Gasteiger partial charge < -0.3 is 9.84 Å². The van der Waals surface area contributed by atoms with Crippen molar-refractivity contribution in [2.45, 2.75) is 11.1 Å². The van der Waals surface area contributed by atoms with Crippen molar-refractivity contribution in [1.29, 1.82) is 0 Å². The molecule has 2 heterocycles. The van der Waals surface area contributed by atoms with Crippen molar-refractivity contribution >= 4 is 33.3 Å². The number of aryl methyl sites for hydroxylation is 1. The van der Waals surface area contributed by atoms with E-state index >= 15 is 0 Å². The van der Waals surface area contributed by atoms with Gasteiger partial charge in [0.25, 0.3) is 10.0 Å². The summed E-state index contributed by atoms with van der Waals surface area (Å²) >= 11 is 0.800. The van der Waals surface area contributed by atoms with Crippen LogP contribution in [0.5, 0.6) is 5.88 Å². The Labute approximate surface area is 124 Å². The minimum atomic E-state index is -3.94. The normalized spacial score (nSPS) is 11.1. The van der Waals surface area contributed by atoms with E-state index in [1.54, 1.807) is 13.0 Å². The van der Waals surface area contributed by atoms with Crippen LogP contribution in [0, 0.1) is 6.92 Å². The van der Waals surface area contributed by atoms with Gasteiger partial charge in [0.2, 0.25) is 11.8 Å². The number of aromatic nitrogens is 2. The molecular formula is C11H11N3O5S2. The number of nitrogens with one attached hydrogen (secondary N) is 1. The molecule has 0 aliphatic carbocycles. The number of nitrogens with zero attached hydrogens (tertiary/aromatic N) is 2. The van der Waals surface area contributed by atoms with E-state index in [9.17, 15) is 13.2 Å². The van der Waals surface area contributed by atoms with Crippen molar-refractivity contribution in [3.63, 3.8) is 0 Å². The molecule has 0 amide bonds. The van der Waals surface area contributed by atoms with Gasteiger partial charge in [0, 0.05) is 17.1 Å². The van der Waals surface area contributed by atoms with Crippen LogP contribution in [0.2, 0.25) is 0 Å². The maximum atomic E-state index is 12.1. The molecule has 112 valence electrons. The third kappa shape index (κ3) is 3.47. The van der Waals surface area contributed by atoms with Gasteiger partial charge in [-0.3, -0.25) is 0 Å². The summed E-state index contributed by atoms with van der Waals surface area (Å²) < 4.78 is 31.3. The van der Waals surface area contributed by atoms with Gasteiger partial charge in [0.15, 0.2) is 0 Å². The van der Waals surface area contributed by atoms with E-state index in [2.05, 4.69) is 14.7 Å². The van der Waals surface area contributed by atoms with Crippen molar-refractivity contribution in [3.05, 3.63) is 28.8 Å². The highest BCUT2D eigenvalue weighted by Crippen LogP contribution is 2.22. The SMILES string of the molecule is COc1cc(C)nc(NS(=O)(=O)c2cc(C(=O)O)cs2)n1. The van der Waals surface area contributed by atoms with Gasteiger partial charge >= 0.3 is 5.97 Å². The Morgan fingerprint density at radius 3 is 2.67 bits per heavy atom. The molecule has 0 aliphatic heterocycles. The van der Waals surface area contributed by atoms with Crippen LogP contribution < -0.4 is 9.46 Å². The van der Waals surface area contributed by atoms with Gasteiger partial charge in [-0.1, -0.05) is 0 Å². The molecule has 2 aromatic heterocycles. The second-order valence-electron chi connectivity index (χ2n) is 3.94. The van der Waals surface area contributed by atoms with Crippen LogP contribution in [-0.2, 0) is 10.0 Å². The number of sulfonamides is 1. The number of carboxylic acids is 1. The zero-order valence-electron chi connectivity index (χ0n) is 11.0. The number of ether oxygens (including phenoxy) is 1. The first kappa shape index (κ1) is 15.2. The predicted octanol–water partition coefficient (Wildman–Crippen LogP) is 1.35. The van der Waals surface area contributed by atoms with E-state index in [4.69, 9.17) is 9.84 Å². The smallest absolute Gasteiger partial charge is 0.336 e. The van der Waals surface area contributed by atoms with Crippen LogP contribution in [0.15, 0.2) is 21.7 Å². The second kappa shape index (κ2) is 5.66. The molecule has 0 aromatic carbocycles. The highest BCUT2D eigenvalue weighted by molar-refractivity contribution is 7.94. The Morgan fingerprint density at radius 1 is 1.38 bits per heavy atom. The van der Waals surface area contributed by atoms with Crippen LogP contribution in [0.1, 0.15) is 16.1 Å². The zero-order valence-corrected chi connectivity index (χ0v) is 12.7. The summed E-state index contributed by atoms with van der Waals surface area (Å²) in [6.07, 6.45) is 0. The Kier molecular flexibility index (Phi) is 4.09. The monoisotopic (exact) mass is 329 g/mol. The summed E-state index contributed by atoms with van der Waals surface area (Å²) in [4.78, 5) is 18.6. The molecule has 0 radical (unpaired) electrons. The van der Waals surface area contributed by atoms with Crippen molar-refractivity contribution in [3.8, 4) is 5.88 Å². The highest BCUT2D eigenvalue weighted by Gasteiger charge is 2.20. The average molecular weight is 329 g/mol. The molecule has 0 aliphatic rings. The fourth-order valence-electron chi connectivity index (χ4n) is 1.43. The van der Waals surface area contributed by atoms with E-state index in [1.165, 1.54) is 12.5 Å². The Balaban J connectivity index is 2.32. The number of carboxylic acid groups (broad SMARTS) is 1. The summed E-state index contributed by atoms with van der Waals surface area (Å²) in [5, 5.41) is 10.1. The van der Waals surface area contributed by atoms with E-state index < -0.39 is 16.0 Å². The van der Waals surface area contributed by atoms with Crippen molar-refractivity contribution in [1.82, 2.24) is 9.97 Å². The molecule has 0 spiro atoms. The molecule has 0 atom stereocenters. The van der Waals surface area contributed by atoms with Crippen LogP contribution in [0.4, 0.5) is 5.95 Å². The number of methoxy groups -OCH3 is 1. The van der Waals surface area contributed by atoms with E-state index in [1.807, 2.05) is 0 Å². The molecule has 2 N–H and O–H groups in total. The summed E-state index contributed by atoms with van der Waals surface area (Å²) in [6.45, 7) is 1.66. The van der Waals surface area contributed by atoms with Gasteiger partial charge in [-0.15, -0.1) is 11.3 Å². The van der Waals surface area contributed by atoms with E-state index in [-0.39, 0.29) is 21.6 Å². The fourth-order valence-corrected chi connectivity index (χ4v) is 3.53. The van der Waals surface area contributed by atoms with Crippen molar-refractivity contribution in [2.24, 2.45) is 0 Å². The standard InChI is InChI=1S/C11H11N3O5S2/c1-6-3-8(19-2)13-11(12-6)14-21(17,18)9-4-7(5-20-9)10(15)16/h3-5H,1-2H3,(H,15,16)(H,12,13,14). The quantitative estimate of drug-likeness (QED) is 0.850. The molecule has 0 saturated carbocycles. The van der Waals surface area contributed by atoms with Gasteiger partial charge in [-0.25, -0.2) is 22.9 Å². The highest BCUT2D eigenvalue weighted by atomic mass is 32.2. The van der Waals surface area contributed by atoms with Gasteiger partial charge in [-0.2, -0.15) is 4.98 Å². The van der Waals surface area contributed by atoms with Gasteiger partial charge in [0.05, 0.1) is 12.7 Å². The number of rotatable bonds is 5. The largest absolute Gasteiger partial charge is 0.481 e. The summed E-state index contributed by atoms with van der Waals surface area (Å²) in [5.74, 6) is -1.11. The van der Waals surface area contributed by atoms with Crippen LogP contribution in [0.25, 0.3) is 0 Å². The third-order valence-electron chi connectivity index (χ3n) is 2.35. The molecule has 0 fully saturated rings. The van der Waals surface area contributed by atoms with Crippen molar-refractivity contribution in [2.75, 3.05) is 11.8 Å². The maximum absolute atomic E-state index is 12.1. The number of carbonyl (C=O) groups is 1. The van der Waals surface area contributed by atoms with Crippen LogP contribution >= 0.6 is 11.3 Å². The molecule has 10 heteroatoms. The lowest BCUT2D eigenvalue weighted by Gasteiger charge is -2.07. The Hall–Kier alpha value is -2.20. The first-order valence-corrected chi connectivity index (χ1v) is 7.92. The number of thiophene rings is 1. The van der Waals surface area contributed by atoms with Crippen molar-refractivity contribution < 1.29 is 23.1 Å². The molecule has 0 unspecified atom stereocenters. The summed E-state index contributed by atoms with van der Waals surface area (Å²) in [6, 6.07) is 2.62. The summed E-state index contributed by atoms with van der Waals surface area (Å²) in [7, 11) is -2.54. The molecule has 0 saturated heterocycles. The topological polar surface area (TPSA) is 118 Å². The first-order chi connectivity index (χ1) is 9.81. The lowest BCUT2D eigenvalue weighted by molar-refractivity contribution is 0.0697. The predicted molar refractivity (Wildman–Crippen MR) is 75.4 cm³/mol. The van der Waals surface area contributed by atoms with E-state index in [0.29, 0.717) is 5.69 Å². The third-order valence-corrected chi connectivity index (χ3v) is 5.12. The van der Waals surface area contributed by atoms with Gasteiger partial charge in [-0.05, 0) is 13.0 Å². The molecule has 0 bridgehead atoms. The number of hydrogen-bond donors (Lipinski definition) is 2. The minimum Gasteiger partial charge on any atom is -0.481 e. The zero-order chi connectivity index (χ0) is 15.6. The molecule has 8 nitrogen and oxygen atoms in total. The molecule has 2 aromatic rings. The van der Waals surface area contributed by atoms with Crippen LogP contribution in [0.3, 0.4) is 0 Å². The molecule has 21 heavy (non-hydrogen) atoms. The number of anilines is 1. The Morgan fingerprint density at radius 2 is 2.10 bits per heavy atom. The lowest BCUT2D eigenvalue weighted by atomic mass is 10.4. The molecule has 2 rings (SSSR count). The lowest BCUT2D eigenvalue weighted by Crippen LogP contribution is -2.14. The number of hydrogen-bond acceptors (Lipinski definition) is 7. The summed E-state index contributed by atoms with van der Waals surface area (Å²) in [5.41, 5.74) is 0.431. The molecular weight excluding hydrogens is 318 g/mol. The first-order valence-electron chi connectivity index (χ1n) is 5.56. The van der Waals surface area contributed by atoms with E-state index in [0.717, 1.165) is 17.4 Å². The minimum absolute atomic E-state index is 0.0943. The van der Waals surface area contributed by atoms with Crippen LogP contribution in [-0.4, -0.2) is 36.6 Å². The fraction of sp³-hybridized carbons (Fsp3) is 0.182. The van der Waals surface area contributed by atoms with Gasteiger partial charge in [0.1, 0.15) is 4.21 Å². The average Bonchev–Trinajstić information content (AvgIpc) is 2.87. The maximum Gasteiger partial charge on any atom is 0.336 e. The number of aromatic carboxylic acids is 1. The Bertz CT molecular complexity index is 785. The second-order valence-corrected chi connectivity index (χ2v) is 6.76.